The average molecular weight is 364 g/mol. The highest BCUT2D eigenvalue weighted by Crippen LogP contribution is 2.31. The molecule has 1 aromatic heterocycles. The van der Waals surface area contributed by atoms with Gasteiger partial charge in [-0.25, -0.2) is 0 Å². The molecule has 0 atom stereocenters. The van der Waals surface area contributed by atoms with Crippen LogP contribution in [0.5, 0.6) is 11.7 Å². The minimum absolute atomic E-state index is 0.121. The fourth-order valence-electron chi connectivity index (χ4n) is 2.46. The maximum atomic E-state index is 13.0. The quantitative estimate of drug-likeness (QED) is 0.567. The van der Waals surface area contributed by atoms with Crippen molar-refractivity contribution in [1.82, 2.24) is 0 Å². The van der Waals surface area contributed by atoms with Crippen LogP contribution in [-0.2, 0) is 0 Å². The Morgan fingerprint density at radius 1 is 1.08 bits per heavy atom. The smallest absolute Gasteiger partial charge is 0.461 e. The molecule has 1 N–H and O–H groups in total. The summed E-state index contributed by atoms with van der Waals surface area (Å²) >= 11 is 0. The van der Waals surface area contributed by atoms with Crippen LogP contribution < -0.4 is 9.30 Å². The van der Waals surface area contributed by atoms with Crippen molar-refractivity contribution in [3.05, 3.63) is 60.3 Å². The van der Waals surface area contributed by atoms with Crippen LogP contribution in [0.1, 0.15) is 10.5 Å². The molecule has 26 heavy (non-hydrogen) atoms. The summed E-state index contributed by atoms with van der Waals surface area (Å²) in [6, 6.07) is 14.1. The first kappa shape index (κ1) is 17.5. The van der Waals surface area contributed by atoms with Crippen molar-refractivity contribution < 1.29 is 36.8 Å². The summed E-state index contributed by atoms with van der Waals surface area (Å²) in [6.07, 6.45) is -5.17. The molecule has 8 heteroatoms. The fraction of sp³-hybridized carbons (Fsp3) is 0.111. The number of carbonyl (C=O) groups is 1. The number of benzene rings is 2. The highest BCUT2D eigenvalue weighted by molar-refractivity contribution is 5.99. The number of Topliss-reactive ketones (excluding diaryl/α,β-unsaturated/α-hetero) is 1. The van der Waals surface area contributed by atoms with E-state index >= 15 is 0 Å². The average Bonchev–Trinajstić information content (AvgIpc) is 2.98. The van der Waals surface area contributed by atoms with Gasteiger partial charge in [0.25, 0.3) is 0 Å². The van der Waals surface area contributed by atoms with E-state index in [0.29, 0.717) is 11.3 Å². The largest absolute Gasteiger partial charge is 0.497 e. The summed E-state index contributed by atoms with van der Waals surface area (Å²) in [5.41, 5.74) is -0.407. The van der Waals surface area contributed by atoms with Crippen molar-refractivity contribution in [3.63, 3.8) is 0 Å². The number of aromatic nitrogens is 1. The van der Waals surface area contributed by atoms with Crippen LogP contribution in [0.25, 0.3) is 17.1 Å². The van der Waals surface area contributed by atoms with Gasteiger partial charge in [0, 0.05) is 12.1 Å². The molecule has 0 aliphatic heterocycles. The predicted molar refractivity (Wildman–Crippen MR) is 84.3 cm³/mol. The zero-order valence-corrected chi connectivity index (χ0v) is 13.4. The van der Waals surface area contributed by atoms with Gasteiger partial charge in [0.05, 0.1) is 12.7 Å². The third kappa shape index (κ3) is 3.13. The molecule has 0 aliphatic carbocycles. The van der Waals surface area contributed by atoms with E-state index in [9.17, 15) is 23.1 Å². The Morgan fingerprint density at radius 3 is 2.23 bits per heavy atom. The Labute approximate surface area is 145 Å². The molecular formula is C18H13F3NO4+. The summed E-state index contributed by atoms with van der Waals surface area (Å²) < 4.78 is 50.1. The first-order chi connectivity index (χ1) is 12.3. The van der Waals surface area contributed by atoms with Crippen LogP contribution in [0.4, 0.5) is 13.2 Å². The molecule has 134 valence electrons. The monoisotopic (exact) mass is 364 g/mol. The highest BCUT2D eigenvalue weighted by atomic mass is 19.4. The maximum Gasteiger partial charge on any atom is 0.461 e. The van der Waals surface area contributed by atoms with Gasteiger partial charge in [-0.1, -0.05) is 18.2 Å². The number of rotatable bonds is 4. The Balaban J connectivity index is 2.26. The lowest BCUT2D eigenvalue weighted by molar-refractivity contribution is -0.589. The number of carbonyl (C=O) groups excluding carboxylic acids is 1. The molecule has 0 unspecified atom stereocenters. The molecule has 0 saturated heterocycles. The third-order valence-corrected chi connectivity index (χ3v) is 3.65. The second kappa shape index (κ2) is 6.55. The molecule has 3 rings (SSSR count). The molecule has 0 spiro atoms. The number of para-hydroxylation sites is 1. The van der Waals surface area contributed by atoms with Gasteiger partial charge in [-0.2, -0.15) is 13.2 Å². The molecule has 1 heterocycles. The molecule has 0 radical (unpaired) electrons. The molecule has 2 aromatic carbocycles. The first-order valence-corrected chi connectivity index (χ1v) is 7.42. The van der Waals surface area contributed by atoms with Crippen LogP contribution in [0.15, 0.2) is 59.0 Å². The van der Waals surface area contributed by atoms with Crippen LogP contribution >= 0.6 is 0 Å². The first-order valence-electron chi connectivity index (χ1n) is 7.42. The third-order valence-electron chi connectivity index (χ3n) is 3.65. The van der Waals surface area contributed by atoms with Crippen molar-refractivity contribution >= 4 is 5.78 Å². The van der Waals surface area contributed by atoms with E-state index in [0.717, 1.165) is 4.57 Å². The van der Waals surface area contributed by atoms with E-state index in [2.05, 4.69) is 0 Å². The number of halogens is 3. The highest BCUT2D eigenvalue weighted by Gasteiger charge is 2.50. The van der Waals surface area contributed by atoms with E-state index in [4.69, 9.17) is 9.15 Å². The topological polar surface area (TPSA) is 63.6 Å². The van der Waals surface area contributed by atoms with Gasteiger partial charge in [-0.05, 0) is 24.3 Å². The number of ketones is 1. The zero-order valence-electron chi connectivity index (χ0n) is 13.4. The molecular weight excluding hydrogens is 351 g/mol. The van der Waals surface area contributed by atoms with Gasteiger partial charge in [0.15, 0.2) is 0 Å². The van der Waals surface area contributed by atoms with Gasteiger partial charge >= 0.3 is 29.5 Å². The van der Waals surface area contributed by atoms with Crippen molar-refractivity contribution in [2.24, 2.45) is 0 Å². The Morgan fingerprint density at radius 2 is 1.69 bits per heavy atom. The lowest BCUT2D eigenvalue weighted by Crippen LogP contribution is -2.41. The normalized spacial score (nSPS) is 11.4. The summed E-state index contributed by atoms with van der Waals surface area (Å²) in [5, 5.41) is 9.94. The minimum Gasteiger partial charge on any atom is -0.497 e. The number of hydrogen-bond acceptors (Lipinski definition) is 4. The maximum absolute atomic E-state index is 13.0. The molecule has 0 aliphatic rings. The molecule has 0 saturated carbocycles. The van der Waals surface area contributed by atoms with Crippen molar-refractivity contribution in [3.8, 4) is 28.8 Å². The van der Waals surface area contributed by atoms with E-state index in [1.807, 2.05) is 0 Å². The number of ether oxygens (including phenoxy) is 1. The van der Waals surface area contributed by atoms with Crippen LogP contribution in [0.2, 0.25) is 0 Å². The van der Waals surface area contributed by atoms with Gasteiger partial charge in [0.2, 0.25) is 5.69 Å². The Kier molecular flexibility index (Phi) is 4.41. The SMILES string of the molecule is COc1ccc(-c2oc(O)c(C(=O)C(F)(F)F)[n+]2-c2ccccc2)cc1. The van der Waals surface area contributed by atoms with Crippen molar-refractivity contribution in [2.75, 3.05) is 7.11 Å². The standard InChI is InChI=1S/C18H12F3NO4/c1-25-13-9-7-11(8-10-13)16-22(12-5-3-2-4-6-12)14(17(24)26-16)15(23)18(19,20)21/h2-10H,1H3/p+1. The molecule has 0 bridgehead atoms. The predicted octanol–water partition coefficient (Wildman–Crippen LogP) is 3.68. The number of alkyl halides is 3. The van der Waals surface area contributed by atoms with E-state index < -0.39 is 23.6 Å². The minimum atomic E-state index is -5.17. The summed E-state index contributed by atoms with van der Waals surface area (Å²) in [6.45, 7) is 0. The van der Waals surface area contributed by atoms with E-state index in [1.54, 1.807) is 42.5 Å². The fourth-order valence-corrected chi connectivity index (χ4v) is 2.46. The van der Waals surface area contributed by atoms with Gasteiger partial charge in [0.1, 0.15) is 5.75 Å². The van der Waals surface area contributed by atoms with Crippen molar-refractivity contribution in [1.29, 1.82) is 0 Å². The lowest BCUT2D eigenvalue weighted by Gasteiger charge is -2.03. The zero-order chi connectivity index (χ0) is 18.9. The van der Waals surface area contributed by atoms with Crippen LogP contribution in [-0.4, -0.2) is 24.2 Å². The lowest BCUT2D eigenvalue weighted by atomic mass is 10.2. The van der Waals surface area contributed by atoms with Gasteiger partial charge in [-0.3, -0.25) is 4.79 Å². The Hall–Kier alpha value is -3.29. The number of nitrogens with zero attached hydrogens (tertiary/aromatic N) is 1. The summed E-state index contributed by atoms with van der Waals surface area (Å²) in [5.74, 6) is -2.91. The van der Waals surface area contributed by atoms with Crippen LogP contribution in [0, 0.1) is 0 Å². The van der Waals surface area contributed by atoms with Crippen LogP contribution in [0.3, 0.4) is 0 Å². The molecule has 0 fully saturated rings. The molecule has 3 aromatic rings. The molecule has 5 nitrogen and oxygen atoms in total. The number of methoxy groups -OCH3 is 1. The van der Waals surface area contributed by atoms with Gasteiger partial charge in [-0.15, -0.1) is 4.57 Å². The summed E-state index contributed by atoms with van der Waals surface area (Å²) in [4.78, 5) is 11.8. The van der Waals surface area contributed by atoms with E-state index in [-0.39, 0.29) is 11.6 Å². The second-order valence-electron chi connectivity index (χ2n) is 5.29. The van der Waals surface area contributed by atoms with E-state index in [1.165, 1.54) is 19.2 Å². The second-order valence-corrected chi connectivity index (χ2v) is 5.29. The van der Waals surface area contributed by atoms with Gasteiger partial charge < -0.3 is 14.3 Å². The summed E-state index contributed by atoms with van der Waals surface area (Å²) in [7, 11) is 1.47. The molecule has 0 amide bonds. The number of hydrogen-bond donors (Lipinski definition) is 1. The van der Waals surface area contributed by atoms with Crippen molar-refractivity contribution in [2.45, 2.75) is 6.18 Å². The Bertz CT molecular complexity index is 932. The number of oxazole rings is 1. The number of aromatic hydroxyl groups is 1.